The van der Waals surface area contributed by atoms with Crippen molar-refractivity contribution in [3.8, 4) is 0 Å². The lowest BCUT2D eigenvalue weighted by molar-refractivity contribution is -0.332. The highest BCUT2D eigenvalue weighted by molar-refractivity contribution is 5.69. The summed E-state index contributed by atoms with van der Waals surface area (Å²) in [7, 11) is 0. The average Bonchev–Trinajstić information content (AvgIpc) is 3.36. The van der Waals surface area contributed by atoms with Gasteiger partial charge in [-0.05, 0) is 12.8 Å². The van der Waals surface area contributed by atoms with Gasteiger partial charge < -0.3 is 64.2 Å². The zero-order valence-corrected chi connectivity index (χ0v) is 44.5. The maximum atomic E-state index is 13.1. The smallest absolute Gasteiger partial charge is 0.306 e. The number of hydrogen-bond acceptors (Lipinski definition) is 14. The number of unbranched alkanes of at least 4 members (excludes halogenated alkanes) is 34. The molecule has 0 aliphatic carbocycles. The van der Waals surface area contributed by atoms with Crippen molar-refractivity contribution in [2.45, 2.75) is 319 Å². The molecule has 70 heavy (non-hydrogen) atoms. The monoisotopic (exact) mass is 1000 g/mol. The quantitative estimate of drug-likeness (QED) is 0.0223. The number of hydrogen-bond donors (Lipinski definition) is 7. The van der Waals surface area contributed by atoms with E-state index < -0.39 is 80.7 Å². The van der Waals surface area contributed by atoms with E-state index in [2.05, 4.69) is 13.8 Å². The number of esters is 1. The van der Waals surface area contributed by atoms with Crippen molar-refractivity contribution in [2.75, 3.05) is 33.0 Å². The maximum absolute atomic E-state index is 13.1. The fourth-order valence-electron chi connectivity index (χ4n) is 9.64. The summed E-state index contributed by atoms with van der Waals surface area (Å²) >= 11 is 0. The van der Waals surface area contributed by atoms with Crippen LogP contribution in [0.1, 0.15) is 251 Å². The molecule has 2 heterocycles. The minimum absolute atomic E-state index is 0.0707. The van der Waals surface area contributed by atoms with Gasteiger partial charge in [0.2, 0.25) is 0 Å². The van der Waals surface area contributed by atoms with Crippen LogP contribution in [0, 0.1) is 0 Å². The molecule has 0 aromatic carbocycles. The fourth-order valence-corrected chi connectivity index (χ4v) is 9.64. The Morgan fingerprint density at radius 2 is 0.757 bits per heavy atom. The Hall–Kier alpha value is -1.01. The van der Waals surface area contributed by atoms with Crippen LogP contribution >= 0.6 is 0 Å². The van der Waals surface area contributed by atoms with Crippen molar-refractivity contribution in [3.63, 3.8) is 0 Å². The Bertz CT molecular complexity index is 1170. The van der Waals surface area contributed by atoms with Crippen molar-refractivity contribution < 1.29 is 69.0 Å². The zero-order valence-electron chi connectivity index (χ0n) is 44.5. The van der Waals surface area contributed by atoms with Crippen LogP contribution in [0.25, 0.3) is 0 Å². The predicted molar refractivity (Wildman–Crippen MR) is 275 cm³/mol. The van der Waals surface area contributed by atoms with E-state index in [0.29, 0.717) is 6.61 Å². The Morgan fingerprint density at radius 1 is 0.414 bits per heavy atom. The molecule has 416 valence electrons. The van der Waals surface area contributed by atoms with E-state index >= 15 is 0 Å². The molecule has 0 aromatic rings. The largest absolute Gasteiger partial charge is 0.457 e. The molecule has 0 aromatic heterocycles. The number of carbonyl (C=O) groups is 1. The minimum Gasteiger partial charge on any atom is -0.457 e. The molecule has 0 amide bonds. The molecule has 14 nitrogen and oxygen atoms in total. The molecule has 0 spiro atoms. The van der Waals surface area contributed by atoms with Gasteiger partial charge in [0.05, 0.1) is 26.4 Å². The van der Waals surface area contributed by atoms with Crippen molar-refractivity contribution in [2.24, 2.45) is 0 Å². The van der Waals surface area contributed by atoms with E-state index in [-0.39, 0.29) is 25.6 Å². The third kappa shape index (κ3) is 31.0. The van der Waals surface area contributed by atoms with E-state index in [0.717, 1.165) is 44.9 Å². The predicted octanol–water partition coefficient (Wildman–Crippen LogP) is 10.0. The fraction of sp³-hybridized carbons (Fsp3) is 0.982. The molecule has 0 bridgehead atoms. The average molecular weight is 1010 g/mol. The van der Waals surface area contributed by atoms with Crippen LogP contribution < -0.4 is 0 Å². The third-order valence-corrected chi connectivity index (χ3v) is 14.4. The van der Waals surface area contributed by atoms with Crippen LogP contribution in [0.3, 0.4) is 0 Å². The van der Waals surface area contributed by atoms with Crippen LogP contribution in [0.15, 0.2) is 0 Å². The second-order valence-corrected chi connectivity index (χ2v) is 20.8. The first-order valence-electron chi connectivity index (χ1n) is 29.1. The normalized spacial score (nSPS) is 25.4. The number of ether oxygens (including phenoxy) is 6. The van der Waals surface area contributed by atoms with Crippen LogP contribution in [-0.2, 0) is 33.2 Å². The zero-order chi connectivity index (χ0) is 50.9. The molecule has 2 aliphatic rings. The minimum atomic E-state index is -1.70. The van der Waals surface area contributed by atoms with Crippen molar-refractivity contribution in [1.82, 2.24) is 0 Å². The second-order valence-electron chi connectivity index (χ2n) is 20.8. The van der Waals surface area contributed by atoms with Crippen LogP contribution in [0.5, 0.6) is 0 Å². The Morgan fingerprint density at radius 3 is 1.16 bits per heavy atom. The summed E-state index contributed by atoms with van der Waals surface area (Å²) in [6.45, 7) is 3.76. The third-order valence-electron chi connectivity index (χ3n) is 14.4. The molecule has 2 fully saturated rings. The van der Waals surface area contributed by atoms with Gasteiger partial charge in [-0.1, -0.05) is 232 Å². The van der Waals surface area contributed by atoms with Crippen LogP contribution in [0.2, 0.25) is 0 Å². The Balaban J connectivity index is 1.70. The van der Waals surface area contributed by atoms with Gasteiger partial charge in [-0.2, -0.15) is 0 Å². The maximum Gasteiger partial charge on any atom is 0.306 e. The summed E-state index contributed by atoms with van der Waals surface area (Å²) in [6, 6.07) is 0. The van der Waals surface area contributed by atoms with Crippen LogP contribution in [-0.4, -0.2) is 142 Å². The van der Waals surface area contributed by atoms with Crippen molar-refractivity contribution in [1.29, 1.82) is 0 Å². The lowest BCUT2D eigenvalue weighted by Crippen LogP contribution is -2.61. The molecule has 7 N–H and O–H groups in total. The summed E-state index contributed by atoms with van der Waals surface area (Å²) in [5.41, 5.74) is 0. The Kier molecular flexibility index (Phi) is 41.2. The van der Waals surface area contributed by atoms with E-state index in [4.69, 9.17) is 28.4 Å². The van der Waals surface area contributed by atoms with Gasteiger partial charge in [0, 0.05) is 13.0 Å². The molecular weight excluding hydrogens is 897 g/mol. The van der Waals surface area contributed by atoms with Crippen molar-refractivity contribution >= 4 is 5.97 Å². The lowest BCUT2D eigenvalue weighted by Gasteiger charge is -2.42. The van der Waals surface area contributed by atoms with E-state index in [9.17, 15) is 40.5 Å². The van der Waals surface area contributed by atoms with Crippen LogP contribution in [0.4, 0.5) is 0 Å². The number of rotatable bonds is 48. The molecule has 11 atom stereocenters. The van der Waals surface area contributed by atoms with E-state index in [1.807, 2.05) is 0 Å². The topological polar surface area (TPSA) is 214 Å². The van der Waals surface area contributed by atoms with Gasteiger partial charge in [0.25, 0.3) is 0 Å². The molecule has 2 aliphatic heterocycles. The molecule has 0 saturated carbocycles. The second kappa shape index (κ2) is 44.3. The van der Waals surface area contributed by atoms with E-state index in [1.165, 1.54) is 186 Å². The molecule has 11 unspecified atom stereocenters. The summed E-state index contributed by atoms with van der Waals surface area (Å²) in [6.07, 6.45) is 30.2. The SMILES string of the molecule is CCCCCCCCCCCCCCCCCCCCCCCC(=O)OC(COCCCCCCCCCCCCCCCCC)COC1OC(COC2OC(CO)C(O)C(O)C2O)C(O)C(O)C1O. The summed E-state index contributed by atoms with van der Waals surface area (Å²) in [5.74, 6) is -0.367. The summed E-state index contributed by atoms with van der Waals surface area (Å²) in [5, 5.41) is 72.3. The Labute approximate surface area is 425 Å². The highest BCUT2D eigenvalue weighted by Gasteiger charge is 2.47. The van der Waals surface area contributed by atoms with Crippen molar-refractivity contribution in [3.05, 3.63) is 0 Å². The number of aliphatic hydroxyl groups is 7. The molecule has 0 radical (unpaired) electrons. The summed E-state index contributed by atoms with van der Waals surface area (Å²) < 4.78 is 34.4. The molecule has 14 heteroatoms. The van der Waals surface area contributed by atoms with Gasteiger partial charge in [-0.15, -0.1) is 0 Å². The number of carbonyl (C=O) groups excluding carboxylic acids is 1. The summed E-state index contributed by atoms with van der Waals surface area (Å²) in [4.78, 5) is 13.1. The van der Waals surface area contributed by atoms with Gasteiger partial charge in [-0.3, -0.25) is 4.79 Å². The lowest BCUT2D eigenvalue weighted by atomic mass is 9.98. The highest BCUT2D eigenvalue weighted by Crippen LogP contribution is 2.27. The first kappa shape index (κ1) is 65.1. The first-order chi connectivity index (χ1) is 34.1. The van der Waals surface area contributed by atoms with Gasteiger partial charge >= 0.3 is 5.97 Å². The standard InChI is InChI=1S/C56H108O14/c1-3-5-7-9-11-13-15-17-19-20-21-22-23-24-25-27-29-31-33-35-37-39-48(58)68-45(42-65-40-38-36-34-32-30-28-26-18-16-14-12-10-8-6-4-2)43-66-55-54(64)52(62)50(60)47(70-55)44-67-56-53(63)51(61)49(59)46(41-57)69-56/h45-47,49-57,59-64H,3-44H2,1-2H3. The molecular formula is C56H108O14. The molecule has 2 saturated heterocycles. The number of aliphatic hydroxyl groups excluding tert-OH is 7. The van der Waals surface area contributed by atoms with Gasteiger partial charge in [0.15, 0.2) is 12.6 Å². The van der Waals surface area contributed by atoms with E-state index in [1.54, 1.807) is 0 Å². The van der Waals surface area contributed by atoms with Gasteiger partial charge in [-0.25, -0.2) is 0 Å². The highest BCUT2D eigenvalue weighted by atomic mass is 16.7. The molecule has 2 rings (SSSR count). The van der Waals surface area contributed by atoms with Gasteiger partial charge in [0.1, 0.15) is 54.9 Å². The first-order valence-corrected chi connectivity index (χ1v) is 29.1.